The molecule has 0 bridgehead atoms. The van der Waals surface area contributed by atoms with Crippen LogP contribution in [0.4, 0.5) is 5.13 Å². The zero-order valence-electron chi connectivity index (χ0n) is 9.99. The summed E-state index contributed by atoms with van der Waals surface area (Å²) in [6.07, 6.45) is 1.16. The SMILES string of the molecule is CCOC(=O)c1nc(NC2CCSC2)sc1C. The third-order valence-corrected chi connectivity index (χ3v) is 4.59. The lowest BCUT2D eigenvalue weighted by molar-refractivity contribution is 0.0519. The first-order chi connectivity index (χ1) is 8.20. The molecule has 17 heavy (non-hydrogen) atoms. The quantitative estimate of drug-likeness (QED) is 0.854. The molecule has 1 aliphatic rings. The number of thioether (sulfide) groups is 1. The molecule has 2 heterocycles. The molecule has 1 unspecified atom stereocenters. The molecular weight excluding hydrogens is 256 g/mol. The van der Waals surface area contributed by atoms with Crippen molar-refractivity contribution >= 4 is 34.2 Å². The van der Waals surface area contributed by atoms with Crippen LogP contribution in [-0.2, 0) is 4.74 Å². The first kappa shape index (κ1) is 12.7. The molecule has 6 heteroatoms. The Morgan fingerprint density at radius 3 is 3.12 bits per heavy atom. The van der Waals surface area contributed by atoms with E-state index < -0.39 is 0 Å². The van der Waals surface area contributed by atoms with Crippen LogP contribution in [0.3, 0.4) is 0 Å². The van der Waals surface area contributed by atoms with Gasteiger partial charge in [-0.15, -0.1) is 11.3 Å². The minimum Gasteiger partial charge on any atom is -0.461 e. The van der Waals surface area contributed by atoms with E-state index in [4.69, 9.17) is 4.74 Å². The Hall–Kier alpha value is -0.750. The van der Waals surface area contributed by atoms with Gasteiger partial charge in [-0.1, -0.05) is 0 Å². The molecule has 0 spiro atoms. The maximum absolute atomic E-state index is 11.6. The van der Waals surface area contributed by atoms with Crippen molar-refractivity contribution in [1.82, 2.24) is 4.98 Å². The highest BCUT2D eigenvalue weighted by Gasteiger charge is 2.20. The summed E-state index contributed by atoms with van der Waals surface area (Å²) in [6, 6.07) is 0.487. The van der Waals surface area contributed by atoms with Crippen molar-refractivity contribution in [2.75, 3.05) is 23.4 Å². The minimum absolute atomic E-state index is 0.324. The van der Waals surface area contributed by atoms with Gasteiger partial charge in [-0.25, -0.2) is 9.78 Å². The number of hydrogen-bond donors (Lipinski definition) is 1. The number of aromatic nitrogens is 1. The van der Waals surface area contributed by atoms with Crippen LogP contribution in [0.25, 0.3) is 0 Å². The maximum atomic E-state index is 11.6. The molecule has 1 aliphatic heterocycles. The monoisotopic (exact) mass is 272 g/mol. The fourth-order valence-electron chi connectivity index (χ4n) is 1.67. The molecule has 1 aromatic rings. The molecule has 94 valence electrons. The van der Waals surface area contributed by atoms with E-state index in [1.54, 1.807) is 6.92 Å². The van der Waals surface area contributed by atoms with Crippen molar-refractivity contribution in [3.05, 3.63) is 10.6 Å². The molecule has 1 atom stereocenters. The average Bonchev–Trinajstić information content (AvgIpc) is 2.89. The third kappa shape index (κ3) is 3.13. The highest BCUT2D eigenvalue weighted by molar-refractivity contribution is 7.99. The Labute approximate surface area is 109 Å². The molecular formula is C11H16N2O2S2. The number of hydrogen-bond acceptors (Lipinski definition) is 6. The van der Waals surface area contributed by atoms with Crippen molar-refractivity contribution in [2.45, 2.75) is 26.3 Å². The molecule has 0 amide bonds. The minimum atomic E-state index is -0.324. The number of nitrogens with zero attached hydrogens (tertiary/aromatic N) is 1. The lowest BCUT2D eigenvalue weighted by Gasteiger charge is -2.08. The van der Waals surface area contributed by atoms with Gasteiger partial charge >= 0.3 is 5.97 Å². The number of rotatable bonds is 4. The van der Waals surface area contributed by atoms with Crippen molar-refractivity contribution in [3.8, 4) is 0 Å². The van der Waals surface area contributed by atoms with Gasteiger partial charge < -0.3 is 10.1 Å². The average molecular weight is 272 g/mol. The number of anilines is 1. The van der Waals surface area contributed by atoms with Gasteiger partial charge in [-0.05, 0) is 26.0 Å². The highest BCUT2D eigenvalue weighted by atomic mass is 32.2. The fourth-order valence-corrected chi connectivity index (χ4v) is 3.70. The second kappa shape index (κ2) is 5.73. The van der Waals surface area contributed by atoms with E-state index in [9.17, 15) is 4.79 Å². The van der Waals surface area contributed by atoms with Crippen LogP contribution in [0.2, 0.25) is 0 Å². The zero-order valence-corrected chi connectivity index (χ0v) is 11.6. The molecule has 4 nitrogen and oxygen atoms in total. The second-order valence-corrected chi connectivity index (χ2v) is 6.20. The van der Waals surface area contributed by atoms with Crippen LogP contribution >= 0.6 is 23.1 Å². The van der Waals surface area contributed by atoms with E-state index in [1.807, 2.05) is 18.7 Å². The number of esters is 1. The Balaban J connectivity index is 2.04. The smallest absolute Gasteiger partial charge is 0.358 e. The van der Waals surface area contributed by atoms with Crippen LogP contribution in [0.1, 0.15) is 28.7 Å². The van der Waals surface area contributed by atoms with E-state index in [0.29, 0.717) is 18.3 Å². The molecule has 0 aliphatic carbocycles. The molecule has 1 saturated heterocycles. The van der Waals surface area contributed by atoms with Gasteiger partial charge in [0.1, 0.15) is 0 Å². The molecule has 0 saturated carbocycles. The van der Waals surface area contributed by atoms with Crippen molar-refractivity contribution in [3.63, 3.8) is 0 Å². The summed E-state index contributed by atoms with van der Waals surface area (Å²) < 4.78 is 4.97. The van der Waals surface area contributed by atoms with Gasteiger partial charge in [0, 0.05) is 16.7 Å². The number of ether oxygens (including phenoxy) is 1. The van der Waals surface area contributed by atoms with E-state index in [-0.39, 0.29) is 5.97 Å². The van der Waals surface area contributed by atoms with E-state index in [0.717, 1.165) is 22.2 Å². The Bertz CT molecular complexity index is 400. The number of carbonyl (C=O) groups excluding carboxylic acids is 1. The first-order valence-electron chi connectivity index (χ1n) is 5.69. The van der Waals surface area contributed by atoms with Crippen LogP contribution in [0.15, 0.2) is 0 Å². The van der Waals surface area contributed by atoms with E-state index in [2.05, 4.69) is 10.3 Å². The van der Waals surface area contributed by atoms with Crippen LogP contribution < -0.4 is 5.32 Å². The number of nitrogens with one attached hydrogen (secondary N) is 1. The molecule has 1 N–H and O–H groups in total. The van der Waals surface area contributed by atoms with Crippen LogP contribution in [0.5, 0.6) is 0 Å². The molecule has 1 fully saturated rings. The summed E-state index contributed by atoms with van der Waals surface area (Å²) in [6.45, 7) is 4.09. The Morgan fingerprint density at radius 2 is 2.47 bits per heavy atom. The normalized spacial score (nSPS) is 19.3. The van der Waals surface area contributed by atoms with Crippen molar-refractivity contribution in [1.29, 1.82) is 0 Å². The van der Waals surface area contributed by atoms with Gasteiger partial charge in [-0.2, -0.15) is 11.8 Å². The summed E-state index contributed by atoms with van der Waals surface area (Å²) in [5, 5.41) is 4.21. The lowest BCUT2D eigenvalue weighted by atomic mass is 10.3. The Morgan fingerprint density at radius 1 is 1.65 bits per heavy atom. The van der Waals surface area contributed by atoms with Gasteiger partial charge in [0.05, 0.1) is 6.61 Å². The lowest BCUT2D eigenvalue weighted by Crippen LogP contribution is -2.18. The summed E-state index contributed by atoms with van der Waals surface area (Å²) in [4.78, 5) is 16.8. The topological polar surface area (TPSA) is 51.2 Å². The largest absolute Gasteiger partial charge is 0.461 e. The Kier molecular flexibility index (Phi) is 4.28. The second-order valence-electron chi connectivity index (χ2n) is 3.85. The van der Waals surface area contributed by atoms with E-state index in [1.165, 1.54) is 17.1 Å². The zero-order chi connectivity index (χ0) is 12.3. The predicted molar refractivity (Wildman–Crippen MR) is 72.2 cm³/mol. The van der Waals surface area contributed by atoms with Crippen LogP contribution in [0, 0.1) is 6.92 Å². The number of thiazole rings is 1. The fraction of sp³-hybridized carbons (Fsp3) is 0.636. The van der Waals surface area contributed by atoms with Gasteiger partial charge in [0.15, 0.2) is 10.8 Å². The molecule has 2 rings (SSSR count). The highest BCUT2D eigenvalue weighted by Crippen LogP contribution is 2.26. The number of carbonyl (C=O) groups is 1. The summed E-state index contributed by atoms with van der Waals surface area (Å²) in [5.41, 5.74) is 0.449. The standard InChI is InChI=1S/C11H16N2O2S2/c1-3-15-10(14)9-7(2)17-11(13-9)12-8-4-5-16-6-8/h8H,3-6H2,1-2H3,(H,12,13). The third-order valence-electron chi connectivity index (χ3n) is 2.52. The van der Waals surface area contributed by atoms with E-state index >= 15 is 0 Å². The number of aryl methyl sites for hydroxylation is 1. The molecule has 0 radical (unpaired) electrons. The molecule has 1 aromatic heterocycles. The van der Waals surface area contributed by atoms with Gasteiger partial charge in [0.25, 0.3) is 0 Å². The summed E-state index contributed by atoms with van der Waals surface area (Å²) in [7, 11) is 0. The van der Waals surface area contributed by atoms with Gasteiger partial charge in [-0.3, -0.25) is 0 Å². The summed E-state index contributed by atoms with van der Waals surface area (Å²) >= 11 is 3.47. The van der Waals surface area contributed by atoms with Gasteiger partial charge in [0.2, 0.25) is 0 Å². The first-order valence-corrected chi connectivity index (χ1v) is 7.66. The van der Waals surface area contributed by atoms with Crippen molar-refractivity contribution < 1.29 is 9.53 Å². The maximum Gasteiger partial charge on any atom is 0.358 e. The summed E-state index contributed by atoms with van der Waals surface area (Å²) in [5.74, 6) is 2.00. The van der Waals surface area contributed by atoms with Crippen LogP contribution in [-0.4, -0.2) is 35.1 Å². The predicted octanol–water partition coefficient (Wildman–Crippen LogP) is 2.55. The molecule has 0 aromatic carbocycles. The van der Waals surface area contributed by atoms with Crippen molar-refractivity contribution in [2.24, 2.45) is 0 Å².